The second kappa shape index (κ2) is 10.3. The highest BCUT2D eigenvalue weighted by Gasteiger charge is 2.18. The number of ether oxygens (including phenoxy) is 2. The van der Waals surface area contributed by atoms with Gasteiger partial charge in [-0.3, -0.25) is 4.72 Å². The van der Waals surface area contributed by atoms with Gasteiger partial charge in [-0.25, -0.2) is 12.8 Å². The summed E-state index contributed by atoms with van der Waals surface area (Å²) in [6.45, 7) is 2.38. The maximum absolute atomic E-state index is 13.8. The van der Waals surface area contributed by atoms with Crippen molar-refractivity contribution in [3.63, 3.8) is 0 Å². The molecule has 168 valence electrons. The van der Waals surface area contributed by atoms with Crippen LogP contribution in [0.1, 0.15) is 6.92 Å². The molecule has 0 heterocycles. The van der Waals surface area contributed by atoms with Crippen LogP contribution in [-0.4, -0.2) is 27.2 Å². The van der Waals surface area contributed by atoms with Crippen molar-refractivity contribution in [1.82, 2.24) is 0 Å². The Morgan fingerprint density at radius 3 is 2.34 bits per heavy atom. The number of hydrogen-bond acceptors (Lipinski definition) is 5. The first-order valence-electron chi connectivity index (χ1n) is 9.58. The van der Waals surface area contributed by atoms with Crippen LogP contribution >= 0.6 is 12.2 Å². The van der Waals surface area contributed by atoms with Gasteiger partial charge in [0.25, 0.3) is 10.0 Å². The topological polar surface area (TPSA) is 88.7 Å². The molecule has 0 spiro atoms. The van der Waals surface area contributed by atoms with E-state index in [2.05, 4.69) is 15.4 Å². The summed E-state index contributed by atoms with van der Waals surface area (Å²) in [6, 6.07) is 17.0. The average Bonchev–Trinajstić information content (AvgIpc) is 2.77. The molecule has 3 rings (SSSR count). The van der Waals surface area contributed by atoms with Crippen molar-refractivity contribution in [2.75, 3.05) is 29.1 Å². The van der Waals surface area contributed by atoms with E-state index in [0.29, 0.717) is 23.7 Å². The molecule has 3 N–H and O–H groups in total. The summed E-state index contributed by atoms with van der Waals surface area (Å²) in [5.41, 5.74) is 1.02. The first kappa shape index (κ1) is 23.3. The molecule has 0 bridgehead atoms. The number of nitrogens with one attached hydrogen (secondary N) is 3. The third kappa shape index (κ3) is 5.86. The predicted octanol–water partition coefficient (Wildman–Crippen LogP) is 4.84. The molecule has 7 nitrogen and oxygen atoms in total. The van der Waals surface area contributed by atoms with Gasteiger partial charge in [-0.05, 0) is 67.7 Å². The van der Waals surface area contributed by atoms with Crippen LogP contribution in [0.3, 0.4) is 0 Å². The third-order valence-electron chi connectivity index (χ3n) is 4.27. The van der Waals surface area contributed by atoms with Crippen LogP contribution in [0.25, 0.3) is 0 Å². The maximum atomic E-state index is 13.8. The molecule has 0 saturated heterocycles. The number of anilines is 3. The van der Waals surface area contributed by atoms with Crippen LogP contribution < -0.4 is 24.8 Å². The van der Waals surface area contributed by atoms with Crippen molar-refractivity contribution in [3.05, 3.63) is 72.5 Å². The lowest BCUT2D eigenvalue weighted by atomic mass is 10.3. The summed E-state index contributed by atoms with van der Waals surface area (Å²) in [6.07, 6.45) is 0. The monoisotopic (exact) mass is 475 g/mol. The molecule has 10 heteroatoms. The number of para-hydroxylation sites is 1. The molecule has 32 heavy (non-hydrogen) atoms. The van der Waals surface area contributed by atoms with Gasteiger partial charge in [-0.15, -0.1) is 0 Å². The molecule has 0 aliphatic heterocycles. The van der Waals surface area contributed by atoms with Crippen LogP contribution in [0.15, 0.2) is 71.6 Å². The molecular formula is C22H22FN3O4S2. The molecule has 0 aliphatic rings. The molecule has 3 aromatic carbocycles. The summed E-state index contributed by atoms with van der Waals surface area (Å²) >= 11 is 5.22. The lowest BCUT2D eigenvalue weighted by molar-refractivity contribution is 0.340. The van der Waals surface area contributed by atoms with Crippen molar-refractivity contribution >= 4 is 44.4 Å². The number of benzene rings is 3. The van der Waals surface area contributed by atoms with Gasteiger partial charge in [0.1, 0.15) is 17.3 Å². The van der Waals surface area contributed by atoms with Gasteiger partial charge in [0.2, 0.25) is 0 Å². The van der Waals surface area contributed by atoms with Crippen LogP contribution in [0.5, 0.6) is 11.5 Å². The highest BCUT2D eigenvalue weighted by molar-refractivity contribution is 7.92. The number of hydrogen-bond donors (Lipinski definition) is 3. The summed E-state index contributed by atoms with van der Waals surface area (Å²) in [4.78, 5) is 0.00164. The fourth-order valence-corrected chi connectivity index (χ4v) is 4.07. The van der Waals surface area contributed by atoms with E-state index >= 15 is 0 Å². The van der Waals surface area contributed by atoms with Crippen molar-refractivity contribution in [2.24, 2.45) is 0 Å². The van der Waals surface area contributed by atoms with Gasteiger partial charge < -0.3 is 20.1 Å². The second-order valence-corrected chi connectivity index (χ2v) is 8.57. The number of rotatable bonds is 8. The zero-order chi connectivity index (χ0) is 23.1. The highest BCUT2D eigenvalue weighted by atomic mass is 32.2. The van der Waals surface area contributed by atoms with Crippen molar-refractivity contribution < 1.29 is 22.3 Å². The molecule has 3 aromatic rings. The Balaban J connectivity index is 1.74. The molecule has 0 unspecified atom stereocenters. The largest absolute Gasteiger partial charge is 0.495 e. The minimum absolute atomic E-state index is 0.00164. The smallest absolute Gasteiger partial charge is 0.262 e. The average molecular weight is 476 g/mol. The van der Waals surface area contributed by atoms with E-state index in [1.807, 2.05) is 6.92 Å². The molecule has 0 aromatic heterocycles. The molecule has 0 atom stereocenters. The number of halogens is 1. The van der Waals surface area contributed by atoms with E-state index in [0.717, 1.165) is 0 Å². The molecule has 0 aliphatic carbocycles. The number of thiocarbonyl (C=S) groups is 1. The zero-order valence-corrected chi connectivity index (χ0v) is 19.0. The summed E-state index contributed by atoms with van der Waals surface area (Å²) in [7, 11) is -2.46. The predicted molar refractivity (Wildman–Crippen MR) is 128 cm³/mol. The van der Waals surface area contributed by atoms with Crippen LogP contribution in [0, 0.1) is 5.82 Å². The van der Waals surface area contributed by atoms with E-state index in [4.69, 9.17) is 21.7 Å². The molecule has 0 fully saturated rings. The van der Waals surface area contributed by atoms with E-state index in [1.54, 1.807) is 42.5 Å². The van der Waals surface area contributed by atoms with E-state index < -0.39 is 15.8 Å². The van der Waals surface area contributed by atoms with E-state index in [1.165, 1.54) is 31.4 Å². The SMILES string of the molecule is CCOc1ccc(NS(=O)(=O)c2ccc(NC(=S)Nc3ccccc3F)c(OC)c2)cc1. The van der Waals surface area contributed by atoms with E-state index in [-0.39, 0.29) is 21.4 Å². The lowest BCUT2D eigenvalue weighted by Crippen LogP contribution is -2.20. The maximum Gasteiger partial charge on any atom is 0.262 e. The zero-order valence-electron chi connectivity index (χ0n) is 17.4. The minimum atomic E-state index is -3.87. The summed E-state index contributed by atoms with van der Waals surface area (Å²) in [5.74, 6) is 0.440. The van der Waals surface area contributed by atoms with Gasteiger partial charge in [0.15, 0.2) is 5.11 Å². The van der Waals surface area contributed by atoms with Gasteiger partial charge in [-0.1, -0.05) is 12.1 Å². The van der Waals surface area contributed by atoms with Gasteiger partial charge in [-0.2, -0.15) is 0 Å². The molecular weight excluding hydrogens is 453 g/mol. The number of methoxy groups -OCH3 is 1. The Kier molecular flexibility index (Phi) is 7.49. The van der Waals surface area contributed by atoms with Gasteiger partial charge >= 0.3 is 0 Å². The minimum Gasteiger partial charge on any atom is -0.495 e. The Morgan fingerprint density at radius 1 is 1.00 bits per heavy atom. The molecule has 0 radical (unpaired) electrons. The second-order valence-electron chi connectivity index (χ2n) is 6.48. The fraction of sp³-hybridized carbons (Fsp3) is 0.136. The summed E-state index contributed by atoms with van der Waals surface area (Å²) < 4.78 is 52.6. The van der Waals surface area contributed by atoms with Gasteiger partial charge in [0, 0.05) is 11.8 Å². The molecule has 0 amide bonds. The van der Waals surface area contributed by atoms with Crippen LogP contribution in [0.4, 0.5) is 21.5 Å². The van der Waals surface area contributed by atoms with Crippen LogP contribution in [-0.2, 0) is 10.0 Å². The van der Waals surface area contributed by atoms with Gasteiger partial charge in [0.05, 0.1) is 30.0 Å². The lowest BCUT2D eigenvalue weighted by Gasteiger charge is -2.15. The Labute approximate surface area is 191 Å². The van der Waals surface area contributed by atoms with Crippen LogP contribution in [0.2, 0.25) is 0 Å². The quantitative estimate of drug-likeness (QED) is 0.402. The highest BCUT2D eigenvalue weighted by Crippen LogP contribution is 2.29. The third-order valence-corrected chi connectivity index (χ3v) is 5.85. The number of sulfonamides is 1. The van der Waals surface area contributed by atoms with E-state index in [9.17, 15) is 12.8 Å². The fourth-order valence-electron chi connectivity index (χ4n) is 2.78. The normalized spacial score (nSPS) is 10.8. The Bertz CT molecular complexity index is 1200. The standard InChI is InChI=1S/C22H22FN3O4S2/c1-3-30-16-10-8-15(9-11-16)26-32(27,28)17-12-13-20(21(14-17)29-2)25-22(31)24-19-7-5-4-6-18(19)23/h4-14,26H,3H2,1-2H3,(H2,24,25,31). The molecule has 0 saturated carbocycles. The Hall–Kier alpha value is -3.37. The first-order chi connectivity index (χ1) is 15.3. The van der Waals surface area contributed by atoms with Crippen molar-refractivity contribution in [3.8, 4) is 11.5 Å². The van der Waals surface area contributed by atoms with Crippen molar-refractivity contribution in [2.45, 2.75) is 11.8 Å². The van der Waals surface area contributed by atoms with Crippen molar-refractivity contribution in [1.29, 1.82) is 0 Å². The first-order valence-corrected chi connectivity index (χ1v) is 11.5. The summed E-state index contributed by atoms with van der Waals surface area (Å²) in [5, 5.41) is 5.75. The Morgan fingerprint density at radius 2 is 1.69 bits per heavy atom.